The molecule has 6 aromatic carbocycles. The number of hydrogen-bond acceptors (Lipinski definition) is 16. The number of ketones is 3. The molecule has 5 aliphatic rings. The molecule has 0 spiro atoms. The van der Waals surface area contributed by atoms with Gasteiger partial charge in [-0.3, -0.25) is 24.0 Å². The van der Waals surface area contributed by atoms with Gasteiger partial charge in [0.05, 0.1) is 60.2 Å². The molecular formula is C77H85BrCl5F8N9O15S5. The van der Waals surface area contributed by atoms with Crippen LogP contribution in [0.15, 0.2) is 142 Å². The maximum Gasteiger partial charge on any atom is 0.511 e. The van der Waals surface area contributed by atoms with E-state index in [4.69, 9.17) is 58.0 Å². The number of rotatable bonds is 21. The number of halogens is 14. The fourth-order valence-corrected chi connectivity index (χ4v) is 20.7. The highest BCUT2D eigenvalue weighted by molar-refractivity contribution is 9.10. The molecule has 24 nitrogen and oxygen atoms in total. The Hall–Kier alpha value is -6.60. The number of nitrogens with one attached hydrogen (secondary N) is 2. The Morgan fingerprint density at radius 3 is 1.17 bits per heavy atom. The van der Waals surface area contributed by atoms with Crippen LogP contribution in [-0.4, -0.2) is 185 Å². The molecule has 5 atom stereocenters. The van der Waals surface area contributed by atoms with E-state index < -0.39 is 109 Å². The first-order valence-corrected chi connectivity index (χ1v) is 47.8. The molecule has 0 aliphatic carbocycles. The molecule has 2 N–H and O–H groups in total. The number of benzene rings is 6. The number of piperidine rings is 5. The molecule has 6 heterocycles. The predicted molar refractivity (Wildman–Crippen MR) is 444 cm³/mol. The van der Waals surface area contributed by atoms with Crippen LogP contribution in [0.2, 0.25) is 25.1 Å². The first kappa shape index (κ1) is 98.8. The lowest BCUT2D eigenvalue weighted by Crippen LogP contribution is -2.48. The number of sulfonamides is 5. The monoisotopic (exact) mass is 1940 g/mol. The Balaban J connectivity index is 0.000000187. The highest BCUT2D eigenvalue weighted by Crippen LogP contribution is 2.35. The lowest BCUT2D eigenvalue weighted by atomic mass is 9.92. The second-order valence-corrected chi connectivity index (χ2v) is 41.9. The summed E-state index contributed by atoms with van der Waals surface area (Å²) in [6.07, 6.45) is 10.6. The van der Waals surface area contributed by atoms with Gasteiger partial charge in [0.25, 0.3) is 10.0 Å². The molecule has 0 radical (unpaired) electrons. The van der Waals surface area contributed by atoms with Crippen LogP contribution in [-0.2, 0) is 66.8 Å². The molecule has 656 valence electrons. The Bertz CT molecular complexity index is 5470. The number of imidazole rings is 1. The van der Waals surface area contributed by atoms with Gasteiger partial charge in [-0.1, -0.05) is 73.9 Å². The van der Waals surface area contributed by atoms with E-state index in [9.17, 15) is 101 Å². The van der Waals surface area contributed by atoms with Gasteiger partial charge in [-0.15, -0.1) is 0 Å². The Morgan fingerprint density at radius 2 is 0.800 bits per heavy atom. The molecule has 1 aromatic heterocycles. The van der Waals surface area contributed by atoms with Gasteiger partial charge in [0.2, 0.25) is 41.9 Å². The van der Waals surface area contributed by atoms with Crippen LogP contribution in [0.4, 0.5) is 46.5 Å². The molecule has 2 amide bonds. The van der Waals surface area contributed by atoms with E-state index in [1.165, 1.54) is 109 Å². The van der Waals surface area contributed by atoms with Crippen molar-refractivity contribution in [1.29, 1.82) is 0 Å². The van der Waals surface area contributed by atoms with Gasteiger partial charge in [0.1, 0.15) is 29.1 Å². The van der Waals surface area contributed by atoms with E-state index in [0.29, 0.717) is 58.5 Å². The third-order valence-electron chi connectivity index (χ3n) is 20.1. The molecule has 7 aromatic rings. The number of hydrogen-bond donors (Lipinski definition) is 2. The minimum absolute atomic E-state index is 0.00625. The van der Waals surface area contributed by atoms with Crippen molar-refractivity contribution in [3.63, 3.8) is 0 Å². The minimum atomic E-state index is -5.48. The molecule has 5 fully saturated rings. The number of alkyl halides is 3. The van der Waals surface area contributed by atoms with Gasteiger partial charge in [-0.25, -0.2) is 77.6 Å². The first-order chi connectivity index (χ1) is 56.2. The average molecular weight is 1950 g/mol. The summed E-state index contributed by atoms with van der Waals surface area (Å²) in [5.74, 6) is -6.47. The molecule has 43 heteroatoms. The zero-order valence-electron chi connectivity index (χ0n) is 64.6. The average Bonchev–Trinajstić information content (AvgIpc) is 1.13. The number of carbonyl (C=O) groups excluding carboxylic acids is 5. The van der Waals surface area contributed by atoms with E-state index in [2.05, 4.69) is 31.5 Å². The van der Waals surface area contributed by atoms with Crippen LogP contribution < -0.4 is 10.6 Å². The lowest BCUT2D eigenvalue weighted by molar-refractivity contribution is -0.121. The summed E-state index contributed by atoms with van der Waals surface area (Å²) in [7, 11) is -17.6. The number of aromatic nitrogens is 2. The molecule has 120 heavy (non-hydrogen) atoms. The maximum absolute atomic E-state index is 13.5. The fraction of sp³-hybridized carbons (Fsp3) is 0.429. The van der Waals surface area contributed by atoms with Crippen LogP contribution in [0.5, 0.6) is 0 Å². The van der Waals surface area contributed by atoms with Crippen molar-refractivity contribution in [3.8, 4) is 0 Å². The van der Waals surface area contributed by atoms with E-state index in [1.807, 2.05) is 0 Å². The van der Waals surface area contributed by atoms with Gasteiger partial charge >= 0.3 is 15.5 Å². The summed E-state index contributed by atoms with van der Waals surface area (Å²) in [6.45, 7) is 3.54. The van der Waals surface area contributed by atoms with E-state index in [1.54, 1.807) is 30.7 Å². The fourth-order valence-electron chi connectivity index (χ4n) is 13.6. The summed E-state index contributed by atoms with van der Waals surface area (Å²) >= 11 is 31.3. The smallest absolute Gasteiger partial charge is 0.339 e. The van der Waals surface area contributed by atoms with Gasteiger partial charge in [-0.2, -0.15) is 26.1 Å². The van der Waals surface area contributed by atoms with Crippen molar-refractivity contribution in [2.24, 2.45) is 36.6 Å². The molecule has 0 saturated carbocycles. The van der Waals surface area contributed by atoms with Crippen molar-refractivity contribution < 1.29 is 101 Å². The molecule has 5 saturated heterocycles. The van der Waals surface area contributed by atoms with Gasteiger partial charge in [0, 0.05) is 130 Å². The van der Waals surface area contributed by atoms with E-state index >= 15 is 0 Å². The van der Waals surface area contributed by atoms with Crippen LogP contribution >= 0.6 is 73.9 Å². The second-order valence-electron chi connectivity index (χ2n) is 29.0. The summed E-state index contributed by atoms with van der Waals surface area (Å²) in [5, 5.41) is 4.74. The van der Waals surface area contributed by atoms with Crippen molar-refractivity contribution in [2.45, 2.75) is 106 Å². The zero-order valence-corrected chi connectivity index (χ0v) is 74.0. The Morgan fingerprint density at radius 1 is 0.458 bits per heavy atom. The van der Waals surface area contributed by atoms with Gasteiger partial charge < -0.3 is 15.2 Å². The van der Waals surface area contributed by atoms with Crippen LogP contribution in [0, 0.1) is 58.7 Å². The van der Waals surface area contributed by atoms with Crippen LogP contribution in [0.25, 0.3) is 0 Å². The van der Waals surface area contributed by atoms with Crippen molar-refractivity contribution in [2.75, 3.05) is 88.1 Å². The molecule has 3 unspecified atom stereocenters. The van der Waals surface area contributed by atoms with E-state index in [0.717, 1.165) is 66.9 Å². The highest BCUT2D eigenvalue weighted by atomic mass is 79.9. The quantitative estimate of drug-likeness (QED) is 0.0499. The third-order valence-corrected chi connectivity index (χ3v) is 30.5. The topological polar surface area (TPSA) is 314 Å². The number of Topliss-reactive ketones (excluding diaryl/α,β-unsaturated/α-hetero) is 3. The van der Waals surface area contributed by atoms with Gasteiger partial charge in [-0.05, 0) is 204 Å². The first-order valence-electron chi connectivity index (χ1n) is 37.4. The van der Waals surface area contributed by atoms with E-state index in [-0.39, 0.29) is 166 Å². The second kappa shape index (κ2) is 43.3. The minimum Gasteiger partial charge on any atom is -0.339 e. The number of carbonyl (C=O) groups is 5. The number of anilines is 2. The number of amides is 2. The molecule has 12 rings (SSSR count). The largest absolute Gasteiger partial charge is 0.511 e. The predicted octanol–water partition coefficient (Wildman–Crippen LogP) is 16.0. The molecular weight excluding hydrogens is 1860 g/mol. The van der Waals surface area contributed by atoms with Crippen LogP contribution in [0.1, 0.15) is 121 Å². The maximum atomic E-state index is 13.5. The SMILES string of the molecule is CCS(=O)(=O)N1CCCC(CC(=O)c2ccc(Cl)c(F)c2)C1.CS(=O)(=O)N1CCCC(CC(=O)c2ccc(Cl)c(F)c2)C1.Cn1cnc(S(=O)(=O)N2CCCC(CC(=O)c3ccc(Cl)c(F)c3)C2)c1.O=C(Nc1ccc(Cl)c(F)c1)[C@H]1CCCN(S(=O)(=O)C(F)(F)F)C1.O=C(Nc1ccc(Cl)c(F)c1)[C@H]1CCCN(S(=O)(=O)c2ccc(Br)cc2)C1. The Kier molecular flexibility index (Phi) is 35.7. The number of aryl methyl sites for hydroxylation is 1. The summed E-state index contributed by atoms with van der Waals surface area (Å²) in [6, 6.07) is 25.8. The van der Waals surface area contributed by atoms with Crippen molar-refractivity contribution in [1.82, 2.24) is 31.1 Å². The van der Waals surface area contributed by atoms with Gasteiger partial charge in [0.15, 0.2) is 22.4 Å². The summed E-state index contributed by atoms with van der Waals surface area (Å²) in [4.78, 5) is 65.5. The Labute approximate surface area is 724 Å². The summed E-state index contributed by atoms with van der Waals surface area (Å²) in [5.41, 5.74) is -4.25. The highest BCUT2D eigenvalue weighted by Gasteiger charge is 2.51. The molecule has 5 aliphatic heterocycles. The number of nitrogens with zero attached hydrogens (tertiary/aromatic N) is 7. The third kappa shape index (κ3) is 27.7. The zero-order chi connectivity index (χ0) is 88.6. The van der Waals surface area contributed by atoms with Crippen LogP contribution in [0.3, 0.4) is 0 Å². The normalized spacial score (nSPS) is 19.4. The van der Waals surface area contributed by atoms with Crippen molar-refractivity contribution >= 4 is 165 Å². The van der Waals surface area contributed by atoms with Crippen molar-refractivity contribution in [3.05, 3.63) is 203 Å². The standard InChI is InChI=1S/C18H17BrClFN2O3S.C17H19ClFN3O3S.C15H19ClFNO3S.C14H17ClFNO3S.C13H13ClF4N2O3S/c19-13-3-6-15(7-4-13)27(25,26)23-9-1-2-12(11-23)18(24)22-14-5-8-16(20)17(21)10-14;1-21-10-17(20-11-21)26(24,25)22-6-2-3-12(9-22)7-16(23)13-4-5-14(18)15(19)8-13;1-2-22(20,21)18-7-3-4-11(10-18)8-15(19)12-5-6-13(16)14(17)9-12;1-21(19,20)17-6-2-3-10(9-17)7-14(18)11-4-5-12(15)13(16)8-11;14-10-4-3-9(6-11(10)15)19-12(21)8-2-1-5-20(7-8)24(22,23)13(16,17)18/h3-8,10,12H,1-2,9,11H2,(H,22,24);4-5,8,10-12H,2-3,6-7,9H2,1H3;5-6,9,11H,2-4,7-8,10H2,1H3;4-5,8,10H,2-3,6-7,9H2,1H3;3-4,6,8H,1-2,5,7H2,(H,19,21)/t12-;;;;8-/m0...0/s1. The lowest BCUT2D eigenvalue weighted by Gasteiger charge is -2.31. The summed E-state index contributed by atoms with van der Waals surface area (Å²) < 4.78 is 234. The molecule has 0 bridgehead atoms.